The topological polar surface area (TPSA) is 29.3 Å². The second-order valence-electron chi connectivity index (χ2n) is 6.12. The van der Waals surface area contributed by atoms with Crippen molar-refractivity contribution in [3.05, 3.63) is 70.8 Å². The third kappa shape index (κ3) is 4.16. The zero-order valence-corrected chi connectivity index (χ0v) is 13.5. The van der Waals surface area contributed by atoms with Crippen LogP contribution in [0.15, 0.2) is 48.5 Å². The Kier molecular flexibility index (Phi) is 5.16. The molecule has 21 heavy (non-hydrogen) atoms. The van der Waals surface area contributed by atoms with Crippen LogP contribution in [0.3, 0.4) is 0 Å². The van der Waals surface area contributed by atoms with Crippen LogP contribution in [0.5, 0.6) is 0 Å². The summed E-state index contributed by atoms with van der Waals surface area (Å²) in [6.07, 6.45) is 0. The van der Waals surface area contributed by atoms with Gasteiger partial charge in [-0.25, -0.2) is 0 Å². The normalized spacial score (nSPS) is 14.2. The summed E-state index contributed by atoms with van der Waals surface area (Å²) in [6, 6.07) is 17.7. The molecule has 0 saturated carbocycles. The van der Waals surface area contributed by atoms with Crippen molar-refractivity contribution in [3.63, 3.8) is 0 Å². The first kappa shape index (κ1) is 15.7. The van der Waals surface area contributed by atoms with E-state index in [0.717, 1.165) is 6.54 Å². The summed E-state index contributed by atoms with van der Waals surface area (Å²) in [5.41, 5.74) is 11.4. The van der Waals surface area contributed by atoms with E-state index >= 15 is 0 Å². The number of likely N-dealkylation sites (N-methyl/N-ethyl adjacent to an activating group) is 1. The molecule has 0 radical (unpaired) electrons. The van der Waals surface area contributed by atoms with Crippen molar-refractivity contribution in [1.82, 2.24) is 4.90 Å². The van der Waals surface area contributed by atoms with E-state index in [1.54, 1.807) is 0 Å². The van der Waals surface area contributed by atoms with E-state index in [-0.39, 0.29) is 12.1 Å². The van der Waals surface area contributed by atoms with Crippen LogP contribution in [0, 0.1) is 13.8 Å². The fourth-order valence-corrected chi connectivity index (χ4v) is 2.89. The van der Waals surface area contributed by atoms with Crippen molar-refractivity contribution in [2.24, 2.45) is 5.73 Å². The van der Waals surface area contributed by atoms with Crippen molar-refractivity contribution in [2.75, 3.05) is 7.05 Å². The molecule has 0 bridgehead atoms. The van der Waals surface area contributed by atoms with Gasteiger partial charge in [-0.05, 0) is 38.9 Å². The first-order valence-corrected chi connectivity index (χ1v) is 7.55. The number of aryl methyl sites for hydroxylation is 2. The lowest BCUT2D eigenvalue weighted by molar-refractivity contribution is 0.211. The monoisotopic (exact) mass is 282 g/mol. The Morgan fingerprint density at radius 1 is 1.00 bits per heavy atom. The predicted molar refractivity (Wildman–Crippen MR) is 90.2 cm³/mol. The average Bonchev–Trinajstić information content (AvgIpc) is 2.41. The fourth-order valence-electron chi connectivity index (χ4n) is 2.89. The lowest BCUT2D eigenvalue weighted by Gasteiger charge is -2.32. The Bertz CT molecular complexity index is 572. The standard InChI is InChI=1S/C19H26N2/c1-14-8-10-17(11-9-14)13-21(4)19(16(3)20)18-7-5-6-15(2)12-18/h5-12,16,19H,13,20H2,1-4H3. The number of benzene rings is 2. The largest absolute Gasteiger partial charge is 0.326 e. The minimum Gasteiger partial charge on any atom is -0.326 e. The maximum Gasteiger partial charge on any atom is 0.0497 e. The summed E-state index contributed by atoms with van der Waals surface area (Å²) in [5.74, 6) is 0. The van der Waals surface area contributed by atoms with E-state index in [2.05, 4.69) is 81.2 Å². The van der Waals surface area contributed by atoms with Gasteiger partial charge < -0.3 is 5.73 Å². The Morgan fingerprint density at radius 3 is 2.24 bits per heavy atom. The van der Waals surface area contributed by atoms with Crippen molar-refractivity contribution in [2.45, 2.75) is 39.4 Å². The maximum atomic E-state index is 6.26. The molecular weight excluding hydrogens is 256 g/mol. The first-order valence-electron chi connectivity index (χ1n) is 7.55. The summed E-state index contributed by atoms with van der Waals surface area (Å²) in [5, 5.41) is 0. The van der Waals surface area contributed by atoms with E-state index in [9.17, 15) is 0 Å². The SMILES string of the molecule is Cc1ccc(CN(C)C(c2cccc(C)c2)C(C)N)cc1. The molecule has 0 aliphatic heterocycles. The molecule has 0 spiro atoms. The van der Waals surface area contributed by atoms with Crippen LogP contribution in [0.4, 0.5) is 0 Å². The molecule has 2 unspecified atom stereocenters. The lowest BCUT2D eigenvalue weighted by Crippen LogP contribution is -2.37. The van der Waals surface area contributed by atoms with Gasteiger partial charge in [0, 0.05) is 18.6 Å². The van der Waals surface area contributed by atoms with Gasteiger partial charge in [0.1, 0.15) is 0 Å². The van der Waals surface area contributed by atoms with Gasteiger partial charge in [0.25, 0.3) is 0 Å². The summed E-state index contributed by atoms with van der Waals surface area (Å²) < 4.78 is 0. The van der Waals surface area contributed by atoms with Crippen LogP contribution in [0.2, 0.25) is 0 Å². The van der Waals surface area contributed by atoms with Crippen molar-refractivity contribution < 1.29 is 0 Å². The fraction of sp³-hybridized carbons (Fsp3) is 0.368. The molecule has 0 fully saturated rings. The van der Waals surface area contributed by atoms with Crippen molar-refractivity contribution in [1.29, 1.82) is 0 Å². The van der Waals surface area contributed by atoms with E-state index in [1.807, 2.05) is 0 Å². The van der Waals surface area contributed by atoms with Gasteiger partial charge in [-0.3, -0.25) is 4.90 Å². The van der Waals surface area contributed by atoms with Gasteiger partial charge >= 0.3 is 0 Å². The van der Waals surface area contributed by atoms with Crippen LogP contribution in [0.25, 0.3) is 0 Å². The molecular formula is C19H26N2. The molecule has 0 saturated heterocycles. The minimum atomic E-state index is 0.0854. The van der Waals surface area contributed by atoms with Crippen LogP contribution >= 0.6 is 0 Å². The molecule has 0 aromatic heterocycles. The second kappa shape index (κ2) is 6.88. The number of nitrogens with two attached hydrogens (primary N) is 1. The number of rotatable bonds is 5. The summed E-state index contributed by atoms with van der Waals surface area (Å²) >= 11 is 0. The van der Waals surface area contributed by atoms with Crippen LogP contribution in [-0.4, -0.2) is 18.0 Å². The van der Waals surface area contributed by atoms with E-state index in [1.165, 1.54) is 22.3 Å². The summed E-state index contributed by atoms with van der Waals surface area (Å²) in [6.45, 7) is 7.23. The molecule has 2 heteroatoms. The quantitative estimate of drug-likeness (QED) is 0.903. The van der Waals surface area contributed by atoms with E-state index < -0.39 is 0 Å². The molecule has 2 aromatic carbocycles. The molecule has 0 heterocycles. The molecule has 0 aliphatic carbocycles. The summed E-state index contributed by atoms with van der Waals surface area (Å²) in [7, 11) is 2.15. The van der Waals surface area contributed by atoms with Crippen molar-refractivity contribution >= 4 is 0 Å². The van der Waals surface area contributed by atoms with Gasteiger partial charge in [0.15, 0.2) is 0 Å². The molecule has 0 amide bonds. The predicted octanol–water partition coefficient (Wildman–Crippen LogP) is 3.82. The summed E-state index contributed by atoms with van der Waals surface area (Å²) in [4.78, 5) is 2.34. The van der Waals surface area contributed by atoms with Crippen LogP contribution < -0.4 is 5.73 Å². The Labute approximate surface area is 128 Å². The van der Waals surface area contributed by atoms with Crippen molar-refractivity contribution in [3.8, 4) is 0 Å². The van der Waals surface area contributed by atoms with Gasteiger partial charge in [-0.2, -0.15) is 0 Å². The molecule has 0 aliphatic rings. The van der Waals surface area contributed by atoms with Gasteiger partial charge in [-0.1, -0.05) is 59.7 Å². The maximum absolute atomic E-state index is 6.26. The van der Waals surface area contributed by atoms with Gasteiger partial charge in [0.2, 0.25) is 0 Å². The highest BCUT2D eigenvalue weighted by Gasteiger charge is 2.21. The molecule has 2 atom stereocenters. The number of nitrogens with zero attached hydrogens (tertiary/aromatic N) is 1. The Morgan fingerprint density at radius 2 is 1.67 bits per heavy atom. The van der Waals surface area contributed by atoms with Gasteiger partial charge in [0.05, 0.1) is 0 Å². The van der Waals surface area contributed by atoms with Crippen LogP contribution in [-0.2, 0) is 6.54 Å². The zero-order valence-electron chi connectivity index (χ0n) is 13.5. The highest BCUT2D eigenvalue weighted by atomic mass is 15.1. The molecule has 2 aromatic rings. The van der Waals surface area contributed by atoms with Crippen LogP contribution in [0.1, 0.15) is 35.2 Å². The Balaban J connectivity index is 2.19. The minimum absolute atomic E-state index is 0.0854. The Hall–Kier alpha value is -1.64. The highest BCUT2D eigenvalue weighted by Crippen LogP contribution is 2.24. The molecule has 2 nitrogen and oxygen atoms in total. The molecule has 112 valence electrons. The second-order valence-corrected chi connectivity index (χ2v) is 6.12. The van der Waals surface area contributed by atoms with E-state index in [0.29, 0.717) is 0 Å². The number of hydrogen-bond donors (Lipinski definition) is 1. The molecule has 2 N–H and O–H groups in total. The smallest absolute Gasteiger partial charge is 0.0497 e. The lowest BCUT2D eigenvalue weighted by atomic mass is 9.97. The number of hydrogen-bond acceptors (Lipinski definition) is 2. The van der Waals surface area contributed by atoms with E-state index in [4.69, 9.17) is 5.73 Å². The third-order valence-electron chi connectivity index (χ3n) is 3.91. The molecule has 2 rings (SSSR count). The zero-order chi connectivity index (χ0) is 15.4. The highest BCUT2D eigenvalue weighted by molar-refractivity contribution is 5.27. The van der Waals surface area contributed by atoms with Gasteiger partial charge in [-0.15, -0.1) is 0 Å². The third-order valence-corrected chi connectivity index (χ3v) is 3.91. The average molecular weight is 282 g/mol. The first-order chi connectivity index (χ1) is 9.97.